The van der Waals surface area contributed by atoms with Crippen LogP contribution in [0, 0.1) is 17.7 Å². The Kier molecular flexibility index (Phi) is 4.93. The van der Waals surface area contributed by atoms with Gasteiger partial charge in [0.1, 0.15) is 5.82 Å². The van der Waals surface area contributed by atoms with Gasteiger partial charge in [-0.25, -0.2) is 4.39 Å². The molecule has 0 heterocycles. The average molecular weight is 289 g/mol. The minimum Gasteiger partial charge on any atom is -0.393 e. The molecule has 16 heavy (non-hydrogen) atoms. The highest BCUT2D eigenvalue weighted by Gasteiger charge is 2.20. The monoisotopic (exact) mass is 288 g/mol. The first-order valence-corrected chi connectivity index (χ1v) is 6.33. The summed E-state index contributed by atoms with van der Waals surface area (Å²) in [7, 11) is 0. The molecule has 1 N–H and O–H groups in total. The summed E-state index contributed by atoms with van der Waals surface area (Å²) in [6.45, 7) is 5.86. The van der Waals surface area contributed by atoms with Gasteiger partial charge in [-0.15, -0.1) is 0 Å². The van der Waals surface area contributed by atoms with E-state index in [9.17, 15) is 9.50 Å². The lowest BCUT2D eigenvalue weighted by Gasteiger charge is -2.24. The number of halogens is 2. The zero-order chi connectivity index (χ0) is 12.3. The maximum Gasteiger partial charge on any atom is 0.126 e. The van der Waals surface area contributed by atoms with E-state index in [1.54, 1.807) is 19.1 Å². The molecule has 90 valence electrons. The fraction of sp³-hybridized carbons (Fsp3) is 0.538. The SMILES string of the molecule is CC(C)C(Cc1cc(Br)ccc1F)C(C)O. The molecule has 1 aromatic carbocycles. The van der Waals surface area contributed by atoms with Crippen LogP contribution in [0.3, 0.4) is 0 Å². The number of benzene rings is 1. The summed E-state index contributed by atoms with van der Waals surface area (Å²) in [6, 6.07) is 4.93. The molecule has 2 atom stereocenters. The molecule has 0 amide bonds. The largest absolute Gasteiger partial charge is 0.393 e. The number of hydrogen-bond donors (Lipinski definition) is 1. The van der Waals surface area contributed by atoms with Crippen molar-refractivity contribution in [3.05, 3.63) is 34.1 Å². The van der Waals surface area contributed by atoms with Crippen molar-refractivity contribution in [2.75, 3.05) is 0 Å². The average Bonchev–Trinajstić information content (AvgIpc) is 2.18. The first kappa shape index (κ1) is 13.7. The van der Waals surface area contributed by atoms with Crippen LogP contribution in [0.2, 0.25) is 0 Å². The maximum absolute atomic E-state index is 13.6. The Bertz CT molecular complexity index is 342. The van der Waals surface area contributed by atoms with Gasteiger partial charge in [-0.2, -0.15) is 0 Å². The Morgan fingerprint density at radius 2 is 1.94 bits per heavy atom. The van der Waals surface area contributed by atoms with Crippen molar-refractivity contribution >= 4 is 15.9 Å². The smallest absolute Gasteiger partial charge is 0.126 e. The van der Waals surface area contributed by atoms with E-state index in [2.05, 4.69) is 15.9 Å². The molecular weight excluding hydrogens is 271 g/mol. The highest BCUT2D eigenvalue weighted by Crippen LogP contribution is 2.24. The van der Waals surface area contributed by atoms with Crippen LogP contribution in [-0.2, 0) is 6.42 Å². The molecule has 0 aliphatic heterocycles. The number of rotatable bonds is 4. The van der Waals surface area contributed by atoms with Gasteiger partial charge in [0.15, 0.2) is 0 Å². The highest BCUT2D eigenvalue weighted by atomic mass is 79.9. The van der Waals surface area contributed by atoms with Gasteiger partial charge in [-0.05, 0) is 48.9 Å². The predicted molar refractivity (Wildman–Crippen MR) is 67.8 cm³/mol. The molecule has 0 aromatic heterocycles. The van der Waals surface area contributed by atoms with Crippen molar-refractivity contribution in [1.82, 2.24) is 0 Å². The predicted octanol–water partition coefficient (Wildman–Crippen LogP) is 3.78. The van der Waals surface area contributed by atoms with Gasteiger partial charge < -0.3 is 5.11 Å². The second-order valence-corrected chi connectivity index (χ2v) is 5.50. The summed E-state index contributed by atoms with van der Waals surface area (Å²) < 4.78 is 14.4. The topological polar surface area (TPSA) is 20.2 Å². The standard InChI is InChI=1S/C13H18BrFO/c1-8(2)12(9(3)16)7-10-6-11(14)4-5-13(10)15/h4-6,8-9,12,16H,7H2,1-3H3. The summed E-state index contributed by atoms with van der Waals surface area (Å²) in [6.07, 6.45) is 0.152. The molecule has 0 spiro atoms. The lowest BCUT2D eigenvalue weighted by atomic mass is 9.85. The normalized spacial score (nSPS) is 15.2. The first-order chi connectivity index (χ1) is 7.41. The van der Waals surface area contributed by atoms with Crippen LogP contribution in [0.4, 0.5) is 4.39 Å². The number of hydrogen-bond acceptors (Lipinski definition) is 1. The van der Waals surface area contributed by atoms with Gasteiger partial charge in [0.25, 0.3) is 0 Å². The second kappa shape index (κ2) is 5.78. The van der Waals surface area contributed by atoms with E-state index >= 15 is 0 Å². The zero-order valence-corrected chi connectivity index (χ0v) is 11.5. The summed E-state index contributed by atoms with van der Waals surface area (Å²) in [5, 5.41) is 9.67. The summed E-state index contributed by atoms with van der Waals surface area (Å²) >= 11 is 3.33. The zero-order valence-electron chi connectivity index (χ0n) is 9.87. The van der Waals surface area contributed by atoms with Crippen LogP contribution in [-0.4, -0.2) is 11.2 Å². The Labute approximate surface area is 105 Å². The molecule has 0 radical (unpaired) electrons. The lowest BCUT2D eigenvalue weighted by Crippen LogP contribution is -2.24. The van der Waals surface area contributed by atoms with E-state index < -0.39 is 6.10 Å². The summed E-state index contributed by atoms with van der Waals surface area (Å²) in [5.74, 6) is 0.219. The first-order valence-electron chi connectivity index (χ1n) is 5.53. The van der Waals surface area contributed by atoms with Crippen LogP contribution >= 0.6 is 15.9 Å². The van der Waals surface area contributed by atoms with Crippen LogP contribution in [0.1, 0.15) is 26.3 Å². The fourth-order valence-corrected chi connectivity index (χ4v) is 2.33. The molecule has 3 heteroatoms. The minimum absolute atomic E-state index is 0.0869. The van der Waals surface area contributed by atoms with Crippen LogP contribution in [0.25, 0.3) is 0 Å². The van der Waals surface area contributed by atoms with E-state index in [0.29, 0.717) is 17.9 Å². The van der Waals surface area contributed by atoms with Crippen molar-refractivity contribution in [2.45, 2.75) is 33.3 Å². The Morgan fingerprint density at radius 1 is 1.31 bits per heavy atom. The van der Waals surface area contributed by atoms with Gasteiger partial charge in [0.05, 0.1) is 6.10 Å². The molecule has 1 rings (SSSR count). The van der Waals surface area contributed by atoms with E-state index in [1.165, 1.54) is 6.07 Å². The second-order valence-electron chi connectivity index (χ2n) is 4.59. The van der Waals surface area contributed by atoms with E-state index in [-0.39, 0.29) is 11.7 Å². The van der Waals surface area contributed by atoms with Gasteiger partial charge >= 0.3 is 0 Å². The highest BCUT2D eigenvalue weighted by molar-refractivity contribution is 9.10. The molecule has 0 bridgehead atoms. The third kappa shape index (κ3) is 3.56. The Balaban J connectivity index is 2.89. The van der Waals surface area contributed by atoms with Gasteiger partial charge in [-0.3, -0.25) is 0 Å². The molecular formula is C13H18BrFO. The van der Waals surface area contributed by atoms with E-state index in [0.717, 1.165) is 4.47 Å². The third-order valence-corrected chi connectivity index (χ3v) is 3.43. The molecule has 1 nitrogen and oxygen atoms in total. The van der Waals surface area contributed by atoms with Gasteiger partial charge in [0, 0.05) is 4.47 Å². The van der Waals surface area contributed by atoms with Crippen LogP contribution < -0.4 is 0 Å². The quantitative estimate of drug-likeness (QED) is 0.894. The molecule has 0 saturated heterocycles. The van der Waals surface area contributed by atoms with Crippen molar-refractivity contribution in [2.24, 2.45) is 11.8 Å². The van der Waals surface area contributed by atoms with Crippen LogP contribution in [0.15, 0.2) is 22.7 Å². The van der Waals surface area contributed by atoms with E-state index in [1.807, 2.05) is 13.8 Å². The lowest BCUT2D eigenvalue weighted by molar-refractivity contribution is 0.0971. The molecule has 0 aliphatic carbocycles. The third-order valence-electron chi connectivity index (χ3n) is 2.94. The Hall–Kier alpha value is -0.410. The van der Waals surface area contributed by atoms with Crippen molar-refractivity contribution < 1.29 is 9.50 Å². The minimum atomic E-state index is -0.418. The summed E-state index contributed by atoms with van der Waals surface area (Å²) in [4.78, 5) is 0. The maximum atomic E-state index is 13.6. The fourth-order valence-electron chi connectivity index (χ4n) is 1.92. The van der Waals surface area contributed by atoms with E-state index in [4.69, 9.17) is 0 Å². The van der Waals surface area contributed by atoms with Crippen molar-refractivity contribution in [1.29, 1.82) is 0 Å². The molecule has 1 aromatic rings. The number of aliphatic hydroxyl groups is 1. The molecule has 2 unspecified atom stereocenters. The summed E-state index contributed by atoms with van der Waals surface area (Å²) in [5.41, 5.74) is 0.661. The molecule has 0 aliphatic rings. The van der Waals surface area contributed by atoms with Crippen molar-refractivity contribution in [3.63, 3.8) is 0 Å². The Morgan fingerprint density at radius 3 is 2.44 bits per heavy atom. The number of aliphatic hydroxyl groups excluding tert-OH is 1. The molecule has 0 saturated carbocycles. The molecule has 0 fully saturated rings. The van der Waals surface area contributed by atoms with Crippen LogP contribution in [0.5, 0.6) is 0 Å². The van der Waals surface area contributed by atoms with Gasteiger partial charge in [0.2, 0.25) is 0 Å². The van der Waals surface area contributed by atoms with Gasteiger partial charge in [-0.1, -0.05) is 29.8 Å². The van der Waals surface area contributed by atoms with Crippen molar-refractivity contribution in [3.8, 4) is 0 Å².